The van der Waals surface area contributed by atoms with Crippen molar-refractivity contribution in [3.8, 4) is 0 Å². The summed E-state index contributed by atoms with van der Waals surface area (Å²) in [7, 11) is 0. The maximum Gasteiger partial charge on any atom is 0.258 e. The minimum atomic E-state index is -0.376. The molecule has 2 aromatic carbocycles. The maximum absolute atomic E-state index is 12.9. The van der Waals surface area contributed by atoms with E-state index < -0.39 is 0 Å². The van der Waals surface area contributed by atoms with E-state index in [9.17, 15) is 9.18 Å². The summed E-state index contributed by atoms with van der Waals surface area (Å²) in [5.41, 5.74) is 6.67. The minimum Gasteiger partial charge on any atom is -0.329 e. The molecule has 0 spiro atoms. The van der Waals surface area contributed by atoms with Crippen LogP contribution in [0.15, 0.2) is 48.5 Å². The lowest BCUT2D eigenvalue weighted by molar-refractivity contribution is 0.0987. The molecule has 112 valence electrons. The monoisotopic (exact) mass is 328 g/mol. The van der Waals surface area contributed by atoms with E-state index in [4.69, 9.17) is 17.3 Å². The predicted molar refractivity (Wildman–Crippen MR) is 85.8 cm³/mol. The summed E-state index contributed by atoms with van der Waals surface area (Å²) >= 11 is 5.84. The van der Waals surface area contributed by atoms with Gasteiger partial charge in [0.05, 0.1) is 0 Å². The lowest BCUT2D eigenvalue weighted by Gasteiger charge is -2.22. The second kappa shape index (κ2) is 7.98. The number of anilines is 1. The van der Waals surface area contributed by atoms with Crippen molar-refractivity contribution in [3.05, 3.63) is 64.9 Å². The van der Waals surface area contributed by atoms with Crippen LogP contribution in [0.5, 0.6) is 0 Å². The number of benzene rings is 2. The van der Waals surface area contributed by atoms with Crippen molar-refractivity contribution in [1.82, 2.24) is 0 Å². The van der Waals surface area contributed by atoms with Crippen LogP contribution in [0.1, 0.15) is 10.4 Å². The van der Waals surface area contributed by atoms with Crippen molar-refractivity contribution >= 4 is 35.6 Å². The van der Waals surface area contributed by atoms with E-state index >= 15 is 0 Å². The molecule has 6 heteroatoms. The minimum absolute atomic E-state index is 0. The summed E-state index contributed by atoms with van der Waals surface area (Å²) in [5, 5.41) is 0.593. The van der Waals surface area contributed by atoms with Crippen molar-refractivity contribution in [2.45, 2.75) is 0 Å². The highest BCUT2D eigenvalue weighted by Gasteiger charge is 2.16. The first kappa shape index (κ1) is 17.4. The van der Waals surface area contributed by atoms with Gasteiger partial charge in [-0.1, -0.05) is 11.6 Å². The zero-order chi connectivity index (χ0) is 14.5. The summed E-state index contributed by atoms with van der Waals surface area (Å²) < 4.78 is 12.9. The number of hydrogen-bond donors (Lipinski definition) is 1. The molecule has 2 N–H and O–H groups in total. The standard InChI is InChI=1S/C15H14ClFN2O.ClH/c16-12-3-7-14(8-4-12)19(10-9-18)15(20)11-1-5-13(17)6-2-11;/h1-8H,9-10,18H2;1H. The molecule has 2 aromatic rings. The molecule has 0 unspecified atom stereocenters. The number of amides is 1. The molecule has 1 amide bonds. The average molecular weight is 329 g/mol. The number of nitrogens with two attached hydrogens (primary N) is 1. The largest absolute Gasteiger partial charge is 0.329 e. The molecule has 0 aliphatic heterocycles. The molecule has 0 bridgehead atoms. The number of carbonyl (C=O) groups is 1. The Morgan fingerprint density at radius 2 is 1.67 bits per heavy atom. The van der Waals surface area contributed by atoms with Crippen molar-refractivity contribution in [2.75, 3.05) is 18.0 Å². The summed E-state index contributed by atoms with van der Waals surface area (Å²) in [4.78, 5) is 14.0. The zero-order valence-corrected chi connectivity index (χ0v) is 12.7. The second-order valence-electron chi connectivity index (χ2n) is 4.23. The van der Waals surface area contributed by atoms with E-state index in [0.29, 0.717) is 29.4 Å². The lowest BCUT2D eigenvalue weighted by Crippen LogP contribution is -2.35. The smallest absolute Gasteiger partial charge is 0.258 e. The van der Waals surface area contributed by atoms with Crippen LogP contribution >= 0.6 is 24.0 Å². The fourth-order valence-electron chi connectivity index (χ4n) is 1.85. The third-order valence-corrected chi connectivity index (χ3v) is 3.08. The van der Waals surface area contributed by atoms with Crippen molar-refractivity contribution in [3.63, 3.8) is 0 Å². The van der Waals surface area contributed by atoms with Crippen LogP contribution in [-0.2, 0) is 0 Å². The van der Waals surface area contributed by atoms with Crippen LogP contribution in [0.25, 0.3) is 0 Å². The molecular weight excluding hydrogens is 314 g/mol. The molecule has 0 saturated heterocycles. The van der Waals surface area contributed by atoms with E-state index in [1.54, 1.807) is 29.2 Å². The Labute approximate surface area is 133 Å². The van der Waals surface area contributed by atoms with Crippen LogP contribution < -0.4 is 10.6 Å². The fraction of sp³-hybridized carbons (Fsp3) is 0.133. The van der Waals surface area contributed by atoms with Crippen LogP contribution in [0, 0.1) is 5.82 Å². The normalized spacial score (nSPS) is 9.86. The number of nitrogens with zero attached hydrogens (tertiary/aromatic N) is 1. The van der Waals surface area contributed by atoms with Crippen LogP contribution in [0.4, 0.5) is 10.1 Å². The zero-order valence-electron chi connectivity index (χ0n) is 11.1. The van der Waals surface area contributed by atoms with Gasteiger partial charge in [-0.25, -0.2) is 4.39 Å². The van der Waals surface area contributed by atoms with Gasteiger partial charge in [0.1, 0.15) is 5.82 Å². The van der Waals surface area contributed by atoms with Gasteiger partial charge in [-0.3, -0.25) is 4.79 Å². The Morgan fingerprint density at radius 3 is 2.19 bits per heavy atom. The summed E-state index contributed by atoms with van der Waals surface area (Å²) in [6.07, 6.45) is 0. The maximum atomic E-state index is 12.9. The first-order valence-corrected chi connectivity index (χ1v) is 6.52. The van der Waals surface area contributed by atoms with E-state index in [-0.39, 0.29) is 24.1 Å². The summed E-state index contributed by atoms with van der Waals surface area (Å²) in [6.45, 7) is 0.702. The van der Waals surface area contributed by atoms with Gasteiger partial charge in [-0.15, -0.1) is 12.4 Å². The molecule has 0 aromatic heterocycles. The number of hydrogen-bond acceptors (Lipinski definition) is 2. The van der Waals surface area contributed by atoms with Gasteiger partial charge in [0.15, 0.2) is 0 Å². The molecule has 2 rings (SSSR count). The predicted octanol–water partition coefficient (Wildman–Crippen LogP) is 3.51. The fourth-order valence-corrected chi connectivity index (χ4v) is 1.97. The third-order valence-electron chi connectivity index (χ3n) is 2.83. The highest BCUT2D eigenvalue weighted by atomic mass is 35.5. The van der Waals surface area contributed by atoms with E-state index in [0.717, 1.165) is 0 Å². The van der Waals surface area contributed by atoms with Crippen molar-refractivity contribution in [2.24, 2.45) is 5.73 Å². The number of rotatable bonds is 4. The van der Waals surface area contributed by atoms with Crippen molar-refractivity contribution < 1.29 is 9.18 Å². The molecule has 0 radical (unpaired) electrons. The Balaban J connectivity index is 0.00000220. The molecule has 0 fully saturated rings. The van der Waals surface area contributed by atoms with Gasteiger partial charge >= 0.3 is 0 Å². The van der Waals surface area contributed by atoms with Crippen LogP contribution in [0.2, 0.25) is 5.02 Å². The Hall–Kier alpha value is -1.62. The molecule has 3 nitrogen and oxygen atoms in total. The highest BCUT2D eigenvalue weighted by molar-refractivity contribution is 6.30. The molecule has 0 atom stereocenters. The number of carbonyl (C=O) groups excluding carboxylic acids is 1. The van der Waals surface area contributed by atoms with Crippen LogP contribution in [0.3, 0.4) is 0 Å². The van der Waals surface area contributed by atoms with Gasteiger partial charge in [-0.2, -0.15) is 0 Å². The van der Waals surface area contributed by atoms with Gasteiger partial charge in [0, 0.05) is 29.4 Å². The average Bonchev–Trinajstić information content (AvgIpc) is 2.46. The number of halogens is 3. The van der Waals surface area contributed by atoms with E-state index in [2.05, 4.69) is 0 Å². The Kier molecular flexibility index (Phi) is 6.62. The van der Waals surface area contributed by atoms with E-state index in [1.165, 1.54) is 24.3 Å². The van der Waals surface area contributed by atoms with Gasteiger partial charge in [0.25, 0.3) is 5.91 Å². The first-order valence-electron chi connectivity index (χ1n) is 6.15. The van der Waals surface area contributed by atoms with Gasteiger partial charge in [0.2, 0.25) is 0 Å². The molecular formula is C15H15Cl2FN2O. The molecule has 0 heterocycles. The summed E-state index contributed by atoms with van der Waals surface area (Å²) in [6, 6.07) is 12.3. The van der Waals surface area contributed by atoms with E-state index in [1.807, 2.05) is 0 Å². The SMILES string of the molecule is Cl.NCCN(C(=O)c1ccc(F)cc1)c1ccc(Cl)cc1. The topological polar surface area (TPSA) is 46.3 Å². The first-order chi connectivity index (χ1) is 9.61. The molecule has 21 heavy (non-hydrogen) atoms. The van der Waals surface area contributed by atoms with Gasteiger partial charge < -0.3 is 10.6 Å². The lowest BCUT2D eigenvalue weighted by atomic mass is 10.1. The summed E-state index contributed by atoms with van der Waals surface area (Å²) in [5.74, 6) is -0.601. The molecule has 0 aliphatic rings. The molecule has 0 aliphatic carbocycles. The quantitative estimate of drug-likeness (QED) is 0.933. The second-order valence-corrected chi connectivity index (χ2v) is 4.67. The Morgan fingerprint density at radius 1 is 1.10 bits per heavy atom. The van der Waals surface area contributed by atoms with Crippen LogP contribution in [-0.4, -0.2) is 19.0 Å². The Bertz CT molecular complexity index is 588. The highest BCUT2D eigenvalue weighted by Crippen LogP contribution is 2.20. The van der Waals surface area contributed by atoms with Crippen molar-refractivity contribution in [1.29, 1.82) is 0 Å². The molecule has 0 saturated carbocycles. The van der Waals surface area contributed by atoms with Gasteiger partial charge in [-0.05, 0) is 48.5 Å². The third kappa shape index (κ3) is 4.43.